The van der Waals surface area contributed by atoms with Crippen molar-refractivity contribution in [3.63, 3.8) is 0 Å². The van der Waals surface area contributed by atoms with E-state index < -0.39 is 16.8 Å². The van der Waals surface area contributed by atoms with E-state index in [9.17, 15) is 20.0 Å². The molecule has 0 aliphatic rings. The summed E-state index contributed by atoms with van der Waals surface area (Å²) < 4.78 is 0. The summed E-state index contributed by atoms with van der Waals surface area (Å²) in [6.07, 6.45) is 1.07. The molecule has 1 aromatic carbocycles. The largest absolute Gasteiger partial charge is 0.480 e. The Balaban J connectivity index is 2.40. The Labute approximate surface area is 114 Å². The van der Waals surface area contributed by atoms with E-state index in [1.54, 1.807) is 12.1 Å². The van der Waals surface area contributed by atoms with Gasteiger partial charge in [0.25, 0.3) is 5.69 Å². The van der Waals surface area contributed by atoms with Crippen LogP contribution < -0.4 is 0 Å². The predicted molar refractivity (Wildman–Crippen MR) is 71.5 cm³/mol. The lowest BCUT2D eigenvalue weighted by molar-refractivity contribution is -0.385. The molecule has 0 saturated carbocycles. The fraction of sp³-hybridized carbons (Fsp3) is 0.143. The van der Waals surface area contributed by atoms with Gasteiger partial charge in [-0.3, -0.25) is 19.9 Å². The quantitative estimate of drug-likeness (QED) is 0.681. The molecule has 1 aromatic heterocycles. The maximum absolute atomic E-state index is 11.4. The van der Waals surface area contributed by atoms with Gasteiger partial charge in [-0.2, -0.15) is 0 Å². The van der Waals surface area contributed by atoms with Gasteiger partial charge in [0, 0.05) is 6.07 Å². The highest BCUT2D eigenvalue weighted by Gasteiger charge is 2.24. The summed E-state index contributed by atoms with van der Waals surface area (Å²) in [6, 6.07) is 9.70. The Morgan fingerprint density at radius 1 is 1.25 bits per heavy atom. The fourth-order valence-electron chi connectivity index (χ4n) is 1.88. The number of hydrogen-bond acceptors (Lipinski definition) is 4. The molecule has 0 radical (unpaired) electrons. The van der Waals surface area contributed by atoms with Gasteiger partial charge in [0.1, 0.15) is 12.1 Å². The van der Waals surface area contributed by atoms with E-state index >= 15 is 0 Å². The number of carbonyl (C=O) groups is 1. The second kappa shape index (κ2) is 5.48. The Morgan fingerprint density at radius 2 is 1.90 bits per heavy atom. The maximum atomic E-state index is 11.4. The monoisotopic (exact) mass is 272 g/mol. The van der Waals surface area contributed by atoms with E-state index in [1.165, 1.54) is 12.1 Å². The summed E-state index contributed by atoms with van der Waals surface area (Å²) in [5, 5.41) is 19.9. The van der Waals surface area contributed by atoms with Gasteiger partial charge in [-0.05, 0) is 18.6 Å². The number of pyridine rings is 1. The number of carboxylic acid groups (broad SMARTS) is 1. The summed E-state index contributed by atoms with van der Waals surface area (Å²) in [5.74, 6) is -1.98. The van der Waals surface area contributed by atoms with Gasteiger partial charge >= 0.3 is 5.97 Å². The van der Waals surface area contributed by atoms with Gasteiger partial charge in [-0.15, -0.1) is 0 Å². The highest BCUT2D eigenvalue weighted by Crippen LogP contribution is 2.25. The van der Waals surface area contributed by atoms with Crippen LogP contribution in [0.2, 0.25) is 0 Å². The Kier molecular flexibility index (Phi) is 3.74. The molecule has 0 aliphatic carbocycles. The molecule has 1 heterocycles. The third-order valence-electron chi connectivity index (χ3n) is 2.93. The molecule has 102 valence electrons. The van der Waals surface area contributed by atoms with Crippen molar-refractivity contribution in [1.29, 1.82) is 0 Å². The van der Waals surface area contributed by atoms with E-state index in [1.807, 2.05) is 19.1 Å². The summed E-state index contributed by atoms with van der Waals surface area (Å²) in [5.41, 5.74) is 1.72. The highest BCUT2D eigenvalue weighted by molar-refractivity contribution is 5.79. The summed E-state index contributed by atoms with van der Waals surface area (Å²) in [4.78, 5) is 25.3. The van der Waals surface area contributed by atoms with Crippen LogP contribution in [0.15, 0.2) is 42.6 Å². The molecule has 0 fully saturated rings. The molecule has 0 bridgehead atoms. The molecular weight excluding hydrogens is 260 g/mol. The van der Waals surface area contributed by atoms with Gasteiger partial charge in [-0.25, -0.2) is 0 Å². The van der Waals surface area contributed by atoms with Crippen LogP contribution in [-0.4, -0.2) is 21.0 Å². The standard InChI is InChI=1S/C14H12N2O4/c1-9-2-4-10(5-3-9)13(14(17)18)12-7-6-11(8-15-12)16(19)20/h2-8,13H,1H3,(H,17,18). The van der Waals surface area contributed by atoms with Crippen molar-refractivity contribution in [2.45, 2.75) is 12.8 Å². The van der Waals surface area contributed by atoms with Gasteiger partial charge in [0.15, 0.2) is 0 Å². The first-order valence-corrected chi connectivity index (χ1v) is 5.89. The van der Waals surface area contributed by atoms with Crippen molar-refractivity contribution in [2.75, 3.05) is 0 Å². The minimum atomic E-state index is -1.05. The molecule has 0 spiro atoms. The lowest BCUT2D eigenvalue weighted by atomic mass is 9.94. The fourth-order valence-corrected chi connectivity index (χ4v) is 1.88. The number of nitro groups is 1. The molecule has 0 aliphatic heterocycles. The summed E-state index contributed by atoms with van der Waals surface area (Å²) in [6.45, 7) is 1.91. The Morgan fingerprint density at radius 3 is 2.35 bits per heavy atom. The summed E-state index contributed by atoms with van der Waals surface area (Å²) in [7, 11) is 0. The average molecular weight is 272 g/mol. The van der Waals surface area contributed by atoms with E-state index in [-0.39, 0.29) is 11.4 Å². The number of aromatic nitrogens is 1. The van der Waals surface area contributed by atoms with Crippen molar-refractivity contribution in [1.82, 2.24) is 4.98 Å². The van der Waals surface area contributed by atoms with Crippen LogP contribution in [0, 0.1) is 17.0 Å². The second-order valence-corrected chi connectivity index (χ2v) is 4.38. The molecule has 1 atom stereocenters. The molecule has 0 saturated heterocycles. The van der Waals surface area contributed by atoms with Crippen molar-refractivity contribution >= 4 is 11.7 Å². The van der Waals surface area contributed by atoms with Crippen molar-refractivity contribution in [3.8, 4) is 0 Å². The minimum Gasteiger partial charge on any atom is -0.480 e. The lowest BCUT2D eigenvalue weighted by Crippen LogP contribution is -2.14. The highest BCUT2D eigenvalue weighted by atomic mass is 16.6. The third kappa shape index (κ3) is 2.80. The van der Waals surface area contributed by atoms with Crippen molar-refractivity contribution in [3.05, 3.63) is 69.5 Å². The first kappa shape index (κ1) is 13.7. The van der Waals surface area contributed by atoms with Crippen LogP contribution in [0.4, 0.5) is 5.69 Å². The van der Waals surface area contributed by atoms with Gasteiger partial charge < -0.3 is 5.11 Å². The molecule has 1 N–H and O–H groups in total. The number of aryl methyl sites for hydroxylation is 1. The van der Waals surface area contributed by atoms with Gasteiger partial charge in [0.2, 0.25) is 0 Å². The molecule has 2 aromatic rings. The molecule has 6 heteroatoms. The third-order valence-corrected chi connectivity index (χ3v) is 2.93. The Bertz CT molecular complexity index is 635. The molecule has 20 heavy (non-hydrogen) atoms. The topological polar surface area (TPSA) is 93.3 Å². The zero-order valence-electron chi connectivity index (χ0n) is 10.7. The van der Waals surface area contributed by atoms with E-state index in [2.05, 4.69) is 4.98 Å². The smallest absolute Gasteiger partial charge is 0.317 e. The number of carboxylic acids is 1. The number of benzene rings is 1. The molecule has 2 rings (SSSR count). The second-order valence-electron chi connectivity index (χ2n) is 4.38. The van der Waals surface area contributed by atoms with Crippen molar-refractivity contribution in [2.24, 2.45) is 0 Å². The minimum absolute atomic E-state index is 0.165. The normalized spacial score (nSPS) is 11.8. The maximum Gasteiger partial charge on any atom is 0.317 e. The summed E-state index contributed by atoms with van der Waals surface area (Å²) >= 11 is 0. The number of nitrogens with zero attached hydrogens (tertiary/aromatic N) is 2. The zero-order chi connectivity index (χ0) is 14.7. The Hall–Kier alpha value is -2.76. The number of rotatable bonds is 4. The van der Waals surface area contributed by atoms with E-state index in [0.29, 0.717) is 5.56 Å². The van der Waals surface area contributed by atoms with E-state index in [4.69, 9.17) is 0 Å². The van der Waals surface area contributed by atoms with Crippen LogP contribution in [0.1, 0.15) is 22.7 Å². The predicted octanol–water partition coefficient (Wildman–Crippen LogP) is 2.51. The van der Waals surface area contributed by atoms with Crippen LogP contribution >= 0.6 is 0 Å². The average Bonchev–Trinajstić information content (AvgIpc) is 2.41. The number of hydrogen-bond donors (Lipinski definition) is 1. The molecule has 0 amide bonds. The van der Waals surface area contributed by atoms with Crippen LogP contribution in [0.3, 0.4) is 0 Å². The zero-order valence-corrected chi connectivity index (χ0v) is 10.7. The first-order valence-electron chi connectivity index (χ1n) is 5.89. The van der Waals surface area contributed by atoms with Gasteiger partial charge in [-0.1, -0.05) is 29.8 Å². The lowest BCUT2D eigenvalue weighted by Gasteiger charge is -2.12. The molecular formula is C14H12N2O4. The SMILES string of the molecule is Cc1ccc(C(C(=O)O)c2ccc([N+](=O)[O-])cn2)cc1. The molecule has 6 nitrogen and oxygen atoms in total. The van der Waals surface area contributed by atoms with Crippen LogP contribution in [0.5, 0.6) is 0 Å². The van der Waals surface area contributed by atoms with Crippen molar-refractivity contribution < 1.29 is 14.8 Å². The van der Waals surface area contributed by atoms with E-state index in [0.717, 1.165) is 11.8 Å². The first-order chi connectivity index (χ1) is 9.49. The van der Waals surface area contributed by atoms with Crippen LogP contribution in [-0.2, 0) is 4.79 Å². The molecule has 1 unspecified atom stereocenters. The number of aliphatic carboxylic acids is 1. The van der Waals surface area contributed by atoms with Gasteiger partial charge in [0.05, 0.1) is 10.6 Å². The van der Waals surface area contributed by atoms with Crippen LogP contribution in [0.25, 0.3) is 0 Å².